The molecule has 21 heavy (non-hydrogen) atoms. The standard InChI is InChI=1S/C17H32BrN3/c1-6-11-19-14(10-9-13(4)5)12-16-17(18)15(7-2)20-21(16)8-3/h13-14,19H,6-12H2,1-5H3. The van der Waals surface area contributed by atoms with E-state index in [0.717, 1.165) is 31.8 Å². The second kappa shape index (κ2) is 9.62. The lowest BCUT2D eigenvalue weighted by molar-refractivity contribution is 0.417. The van der Waals surface area contributed by atoms with Crippen LogP contribution in [0.15, 0.2) is 4.47 Å². The predicted molar refractivity (Wildman–Crippen MR) is 94.8 cm³/mol. The van der Waals surface area contributed by atoms with E-state index in [0.29, 0.717) is 6.04 Å². The van der Waals surface area contributed by atoms with Crippen LogP contribution in [0.25, 0.3) is 0 Å². The summed E-state index contributed by atoms with van der Waals surface area (Å²) < 4.78 is 3.39. The Kier molecular flexibility index (Phi) is 8.57. The van der Waals surface area contributed by atoms with E-state index in [1.165, 1.54) is 35.1 Å². The van der Waals surface area contributed by atoms with E-state index in [2.05, 4.69) is 60.5 Å². The summed E-state index contributed by atoms with van der Waals surface area (Å²) in [6, 6.07) is 0.551. The summed E-state index contributed by atoms with van der Waals surface area (Å²) in [7, 11) is 0. The van der Waals surface area contributed by atoms with Crippen molar-refractivity contribution < 1.29 is 0 Å². The highest BCUT2D eigenvalue weighted by atomic mass is 79.9. The van der Waals surface area contributed by atoms with E-state index < -0.39 is 0 Å². The minimum absolute atomic E-state index is 0.551. The van der Waals surface area contributed by atoms with Gasteiger partial charge in [-0.1, -0.05) is 27.7 Å². The lowest BCUT2D eigenvalue weighted by atomic mass is 9.99. The molecule has 1 rings (SSSR count). The van der Waals surface area contributed by atoms with Crippen molar-refractivity contribution in [2.24, 2.45) is 5.92 Å². The third kappa shape index (κ3) is 5.74. The maximum absolute atomic E-state index is 4.72. The summed E-state index contributed by atoms with van der Waals surface area (Å²) in [5.41, 5.74) is 2.54. The number of halogens is 1. The molecule has 0 radical (unpaired) electrons. The maximum atomic E-state index is 4.72. The number of rotatable bonds is 10. The molecule has 3 nitrogen and oxygen atoms in total. The van der Waals surface area contributed by atoms with Gasteiger partial charge < -0.3 is 5.32 Å². The molecule has 0 aliphatic rings. The highest BCUT2D eigenvalue weighted by molar-refractivity contribution is 9.10. The molecule has 0 saturated heterocycles. The van der Waals surface area contributed by atoms with Crippen LogP contribution in [-0.2, 0) is 19.4 Å². The zero-order chi connectivity index (χ0) is 15.8. The smallest absolute Gasteiger partial charge is 0.0766 e. The largest absolute Gasteiger partial charge is 0.314 e. The highest BCUT2D eigenvalue weighted by Gasteiger charge is 2.18. The lowest BCUT2D eigenvalue weighted by Gasteiger charge is -2.20. The van der Waals surface area contributed by atoms with Crippen LogP contribution < -0.4 is 5.32 Å². The van der Waals surface area contributed by atoms with E-state index in [4.69, 9.17) is 5.10 Å². The van der Waals surface area contributed by atoms with Crippen LogP contribution in [-0.4, -0.2) is 22.4 Å². The second-order valence-corrected chi connectivity index (χ2v) is 7.00. The third-order valence-corrected chi connectivity index (χ3v) is 4.82. The van der Waals surface area contributed by atoms with Crippen molar-refractivity contribution in [1.82, 2.24) is 15.1 Å². The summed E-state index contributed by atoms with van der Waals surface area (Å²) >= 11 is 3.77. The first-order chi connectivity index (χ1) is 10.0. The maximum Gasteiger partial charge on any atom is 0.0766 e. The van der Waals surface area contributed by atoms with Gasteiger partial charge in [0.25, 0.3) is 0 Å². The zero-order valence-corrected chi connectivity index (χ0v) is 16.0. The van der Waals surface area contributed by atoms with Gasteiger partial charge >= 0.3 is 0 Å². The normalized spacial score (nSPS) is 13.1. The molecule has 1 atom stereocenters. The SMILES string of the molecule is CCCNC(CCC(C)C)Cc1c(Br)c(CC)nn1CC. The first-order valence-corrected chi connectivity index (χ1v) is 9.30. The van der Waals surface area contributed by atoms with Gasteiger partial charge in [0.2, 0.25) is 0 Å². The second-order valence-electron chi connectivity index (χ2n) is 6.20. The molecule has 1 aromatic rings. The van der Waals surface area contributed by atoms with Gasteiger partial charge in [0.1, 0.15) is 0 Å². The van der Waals surface area contributed by atoms with E-state index in [1.54, 1.807) is 0 Å². The monoisotopic (exact) mass is 357 g/mol. The van der Waals surface area contributed by atoms with Crippen LogP contribution in [0.2, 0.25) is 0 Å². The van der Waals surface area contributed by atoms with Gasteiger partial charge in [-0.05, 0) is 61.0 Å². The molecule has 0 aromatic carbocycles. The van der Waals surface area contributed by atoms with Crippen molar-refractivity contribution in [2.75, 3.05) is 6.54 Å². The average Bonchev–Trinajstić information content (AvgIpc) is 2.77. The van der Waals surface area contributed by atoms with Gasteiger partial charge in [-0.3, -0.25) is 4.68 Å². The van der Waals surface area contributed by atoms with Crippen LogP contribution in [0.5, 0.6) is 0 Å². The Bertz CT molecular complexity index is 412. The molecule has 1 aromatic heterocycles. The number of nitrogens with one attached hydrogen (secondary N) is 1. The van der Waals surface area contributed by atoms with Crippen LogP contribution in [0, 0.1) is 5.92 Å². The molecule has 1 heterocycles. The number of hydrogen-bond acceptors (Lipinski definition) is 2. The molecule has 0 aliphatic heterocycles. The fourth-order valence-electron chi connectivity index (χ4n) is 2.60. The van der Waals surface area contributed by atoms with E-state index in [-0.39, 0.29) is 0 Å². The highest BCUT2D eigenvalue weighted by Crippen LogP contribution is 2.24. The van der Waals surface area contributed by atoms with Crippen molar-refractivity contribution in [2.45, 2.75) is 79.3 Å². The summed E-state index contributed by atoms with van der Waals surface area (Å²) in [5.74, 6) is 0.765. The number of hydrogen-bond donors (Lipinski definition) is 1. The van der Waals surface area contributed by atoms with Crippen molar-refractivity contribution in [3.05, 3.63) is 15.9 Å². The van der Waals surface area contributed by atoms with E-state index in [1.807, 2.05) is 0 Å². The van der Waals surface area contributed by atoms with Crippen molar-refractivity contribution in [1.29, 1.82) is 0 Å². The molecule has 0 amide bonds. The Hall–Kier alpha value is -0.350. The fraction of sp³-hybridized carbons (Fsp3) is 0.824. The van der Waals surface area contributed by atoms with E-state index in [9.17, 15) is 0 Å². The molecular formula is C17H32BrN3. The molecule has 1 N–H and O–H groups in total. The fourth-order valence-corrected chi connectivity index (χ4v) is 3.33. The Labute approximate surface area is 139 Å². The Balaban J connectivity index is 2.83. The van der Waals surface area contributed by atoms with Gasteiger partial charge in [0.15, 0.2) is 0 Å². The van der Waals surface area contributed by atoms with Gasteiger partial charge in [0, 0.05) is 19.0 Å². The Morgan fingerprint density at radius 3 is 2.43 bits per heavy atom. The van der Waals surface area contributed by atoms with Gasteiger partial charge in [0.05, 0.1) is 15.9 Å². The summed E-state index contributed by atoms with van der Waals surface area (Å²) in [6.45, 7) is 13.2. The van der Waals surface area contributed by atoms with Crippen molar-refractivity contribution in [3.63, 3.8) is 0 Å². The van der Waals surface area contributed by atoms with Crippen molar-refractivity contribution in [3.8, 4) is 0 Å². The van der Waals surface area contributed by atoms with E-state index >= 15 is 0 Å². The molecule has 0 aliphatic carbocycles. The average molecular weight is 358 g/mol. The first kappa shape index (κ1) is 18.7. The third-order valence-electron chi connectivity index (χ3n) is 3.91. The molecule has 0 fully saturated rings. The summed E-state index contributed by atoms with van der Waals surface area (Å²) in [5, 5.41) is 8.43. The molecule has 0 bridgehead atoms. The van der Waals surface area contributed by atoms with Crippen LogP contribution >= 0.6 is 15.9 Å². The zero-order valence-electron chi connectivity index (χ0n) is 14.4. The minimum Gasteiger partial charge on any atom is -0.314 e. The van der Waals surface area contributed by atoms with Crippen LogP contribution in [0.3, 0.4) is 0 Å². The molecular weight excluding hydrogens is 326 g/mol. The molecule has 122 valence electrons. The predicted octanol–water partition coefficient (Wildman–Crippen LogP) is 4.57. The number of aromatic nitrogens is 2. The number of aryl methyl sites for hydroxylation is 2. The molecule has 1 unspecified atom stereocenters. The van der Waals surface area contributed by atoms with Gasteiger partial charge in [-0.2, -0.15) is 5.10 Å². The Morgan fingerprint density at radius 1 is 1.19 bits per heavy atom. The van der Waals surface area contributed by atoms with Gasteiger partial charge in [-0.25, -0.2) is 0 Å². The van der Waals surface area contributed by atoms with Gasteiger partial charge in [-0.15, -0.1) is 0 Å². The first-order valence-electron chi connectivity index (χ1n) is 8.50. The Morgan fingerprint density at radius 2 is 1.90 bits per heavy atom. The minimum atomic E-state index is 0.551. The van der Waals surface area contributed by atoms with Crippen LogP contribution in [0.4, 0.5) is 0 Å². The van der Waals surface area contributed by atoms with Crippen LogP contribution in [0.1, 0.15) is 65.3 Å². The number of nitrogens with zero attached hydrogens (tertiary/aromatic N) is 2. The topological polar surface area (TPSA) is 29.9 Å². The lowest BCUT2D eigenvalue weighted by Crippen LogP contribution is -2.33. The summed E-state index contributed by atoms with van der Waals surface area (Å²) in [6.07, 6.45) is 5.75. The molecule has 0 saturated carbocycles. The quantitative estimate of drug-likeness (QED) is 0.664. The summed E-state index contributed by atoms with van der Waals surface area (Å²) in [4.78, 5) is 0. The molecule has 4 heteroatoms. The molecule has 0 spiro atoms. The van der Waals surface area contributed by atoms with Crippen molar-refractivity contribution >= 4 is 15.9 Å².